The Balaban J connectivity index is 1.64. The molecule has 1 unspecified atom stereocenters. The fraction of sp³-hybridized carbons (Fsp3) is 0.269. The topological polar surface area (TPSA) is 75.7 Å². The van der Waals surface area contributed by atoms with Crippen LogP contribution in [0.4, 0.5) is 0 Å². The van der Waals surface area contributed by atoms with Gasteiger partial charge in [-0.2, -0.15) is 4.31 Å². The minimum atomic E-state index is -3.75. The fourth-order valence-corrected chi connectivity index (χ4v) is 6.39. The lowest BCUT2D eigenvalue weighted by molar-refractivity contribution is 0.0929. The van der Waals surface area contributed by atoms with Crippen molar-refractivity contribution in [2.45, 2.75) is 23.2 Å². The molecule has 0 spiro atoms. The standard InChI is InChI=1S/C26H27ClN2O4S/c1-33-24-14-6-5-13-23(24)25(30)28-18-26(20-9-3-2-4-10-20)15-8-16-29(19-26)34(31,32)22-12-7-11-21(27)17-22/h2-7,9-14,17H,8,15-16,18-19H2,1H3,(H,28,30). The molecule has 1 atom stereocenters. The minimum absolute atomic E-state index is 0.168. The molecule has 6 nitrogen and oxygen atoms in total. The summed E-state index contributed by atoms with van der Waals surface area (Å²) in [6.07, 6.45) is 1.41. The number of benzene rings is 3. The molecule has 3 aromatic carbocycles. The van der Waals surface area contributed by atoms with Crippen LogP contribution in [0.15, 0.2) is 83.8 Å². The highest BCUT2D eigenvalue weighted by atomic mass is 35.5. The zero-order valence-corrected chi connectivity index (χ0v) is 20.5. The van der Waals surface area contributed by atoms with Gasteiger partial charge in [0.15, 0.2) is 0 Å². The van der Waals surface area contributed by atoms with Crippen molar-refractivity contribution in [2.24, 2.45) is 0 Å². The zero-order valence-electron chi connectivity index (χ0n) is 18.9. The number of methoxy groups -OCH3 is 1. The second-order valence-electron chi connectivity index (χ2n) is 8.43. The highest BCUT2D eigenvalue weighted by Crippen LogP contribution is 2.36. The first-order valence-electron chi connectivity index (χ1n) is 11.1. The molecule has 8 heteroatoms. The monoisotopic (exact) mass is 498 g/mol. The lowest BCUT2D eigenvalue weighted by Crippen LogP contribution is -2.53. The van der Waals surface area contributed by atoms with Crippen molar-refractivity contribution < 1.29 is 17.9 Å². The van der Waals surface area contributed by atoms with Gasteiger partial charge in [-0.1, -0.05) is 60.1 Å². The third kappa shape index (κ3) is 4.97. The molecule has 178 valence electrons. The van der Waals surface area contributed by atoms with Gasteiger partial charge in [0, 0.05) is 30.1 Å². The summed E-state index contributed by atoms with van der Waals surface area (Å²) in [5.74, 6) is 0.227. The molecule has 0 aromatic heterocycles. The van der Waals surface area contributed by atoms with Gasteiger partial charge in [0.25, 0.3) is 5.91 Å². The normalized spacial score (nSPS) is 18.9. The van der Waals surface area contributed by atoms with Gasteiger partial charge < -0.3 is 10.1 Å². The second-order valence-corrected chi connectivity index (χ2v) is 10.8. The SMILES string of the molecule is COc1ccccc1C(=O)NCC1(c2ccccc2)CCCN(S(=O)(=O)c2cccc(Cl)c2)C1. The predicted octanol–water partition coefficient (Wildman–Crippen LogP) is 4.50. The first-order chi connectivity index (χ1) is 16.4. The van der Waals surface area contributed by atoms with Crippen molar-refractivity contribution in [1.82, 2.24) is 9.62 Å². The molecular formula is C26H27ClN2O4S. The molecular weight excluding hydrogens is 472 g/mol. The van der Waals surface area contributed by atoms with E-state index in [0.29, 0.717) is 29.3 Å². The number of nitrogens with zero attached hydrogens (tertiary/aromatic N) is 1. The van der Waals surface area contributed by atoms with Crippen LogP contribution < -0.4 is 10.1 Å². The third-order valence-corrected chi connectivity index (χ3v) is 8.38. The van der Waals surface area contributed by atoms with Crippen LogP contribution in [0.25, 0.3) is 0 Å². The number of sulfonamides is 1. The van der Waals surface area contributed by atoms with Crippen LogP contribution in [0.2, 0.25) is 5.02 Å². The van der Waals surface area contributed by atoms with Gasteiger partial charge in [-0.3, -0.25) is 4.79 Å². The van der Waals surface area contributed by atoms with E-state index in [1.54, 1.807) is 42.5 Å². The van der Waals surface area contributed by atoms with Gasteiger partial charge in [-0.15, -0.1) is 0 Å². The van der Waals surface area contributed by atoms with E-state index in [2.05, 4.69) is 5.32 Å². The summed E-state index contributed by atoms with van der Waals surface area (Å²) in [7, 11) is -2.22. The molecule has 1 fully saturated rings. The van der Waals surface area contributed by atoms with E-state index < -0.39 is 15.4 Å². The summed E-state index contributed by atoms with van der Waals surface area (Å²) in [6.45, 7) is 0.942. The van der Waals surface area contributed by atoms with Crippen LogP contribution in [0.5, 0.6) is 5.75 Å². The molecule has 1 aliphatic rings. The van der Waals surface area contributed by atoms with Crippen molar-refractivity contribution in [3.63, 3.8) is 0 Å². The van der Waals surface area contributed by atoms with Crippen molar-refractivity contribution in [2.75, 3.05) is 26.7 Å². The Kier molecular flexibility index (Phi) is 7.26. The van der Waals surface area contributed by atoms with Gasteiger partial charge >= 0.3 is 0 Å². The van der Waals surface area contributed by atoms with Gasteiger partial charge in [0.2, 0.25) is 10.0 Å². The molecule has 0 radical (unpaired) electrons. The quantitative estimate of drug-likeness (QED) is 0.520. The fourth-order valence-electron chi connectivity index (χ4n) is 4.52. The zero-order chi connectivity index (χ0) is 24.2. The first kappa shape index (κ1) is 24.3. The number of nitrogens with one attached hydrogen (secondary N) is 1. The molecule has 4 rings (SSSR count). The van der Waals surface area contributed by atoms with Crippen LogP contribution in [-0.4, -0.2) is 45.4 Å². The number of rotatable bonds is 7. The van der Waals surface area contributed by atoms with Crippen molar-refractivity contribution >= 4 is 27.5 Å². The minimum Gasteiger partial charge on any atom is -0.496 e. The molecule has 0 bridgehead atoms. The van der Waals surface area contributed by atoms with Gasteiger partial charge in [-0.25, -0.2) is 8.42 Å². The maximum atomic E-state index is 13.5. The smallest absolute Gasteiger partial charge is 0.255 e. The first-order valence-corrected chi connectivity index (χ1v) is 12.9. The average molecular weight is 499 g/mol. The van der Waals surface area contributed by atoms with Crippen molar-refractivity contribution in [1.29, 1.82) is 0 Å². The Morgan fingerprint density at radius 3 is 2.53 bits per heavy atom. The predicted molar refractivity (Wildman–Crippen MR) is 133 cm³/mol. The molecule has 34 heavy (non-hydrogen) atoms. The van der Waals surface area contributed by atoms with Crippen molar-refractivity contribution in [3.8, 4) is 5.75 Å². The number of amides is 1. The molecule has 1 aliphatic heterocycles. The summed E-state index contributed by atoms with van der Waals surface area (Å²) < 4.78 is 33.8. The summed E-state index contributed by atoms with van der Waals surface area (Å²) in [5.41, 5.74) is 0.844. The van der Waals surface area contributed by atoms with Crippen LogP contribution in [0, 0.1) is 0 Å². The van der Waals surface area contributed by atoms with Gasteiger partial charge in [-0.05, 0) is 48.7 Å². The Hall–Kier alpha value is -2.87. The Morgan fingerprint density at radius 2 is 1.79 bits per heavy atom. The number of carbonyl (C=O) groups excluding carboxylic acids is 1. The van der Waals surface area contributed by atoms with E-state index in [9.17, 15) is 13.2 Å². The van der Waals surface area contributed by atoms with E-state index in [1.807, 2.05) is 30.3 Å². The summed E-state index contributed by atoms with van der Waals surface area (Å²) in [5, 5.41) is 3.41. The number of ether oxygens (including phenoxy) is 1. The number of hydrogen-bond acceptors (Lipinski definition) is 4. The van der Waals surface area contributed by atoms with Crippen LogP contribution >= 0.6 is 11.6 Å². The average Bonchev–Trinajstić information content (AvgIpc) is 2.88. The molecule has 3 aromatic rings. The number of piperidine rings is 1. The summed E-state index contributed by atoms with van der Waals surface area (Å²) in [4.78, 5) is 13.2. The molecule has 1 N–H and O–H groups in total. The van der Waals surface area contributed by atoms with E-state index in [4.69, 9.17) is 16.3 Å². The molecule has 1 amide bonds. The Morgan fingerprint density at radius 1 is 1.06 bits per heavy atom. The summed E-state index contributed by atoms with van der Waals surface area (Å²) >= 11 is 6.07. The number of halogens is 1. The van der Waals surface area contributed by atoms with E-state index in [1.165, 1.54) is 17.5 Å². The third-order valence-electron chi connectivity index (χ3n) is 6.30. The van der Waals surface area contributed by atoms with Crippen LogP contribution in [0.3, 0.4) is 0 Å². The van der Waals surface area contributed by atoms with Gasteiger partial charge in [0.05, 0.1) is 17.6 Å². The van der Waals surface area contributed by atoms with Gasteiger partial charge in [0.1, 0.15) is 5.75 Å². The maximum Gasteiger partial charge on any atom is 0.255 e. The van der Waals surface area contributed by atoms with Crippen LogP contribution in [-0.2, 0) is 15.4 Å². The maximum absolute atomic E-state index is 13.5. The molecule has 1 saturated heterocycles. The van der Waals surface area contributed by atoms with E-state index in [-0.39, 0.29) is 23.9 Å². The summed E-state index contributed by atoms with van der Waals surface area (Å²) in [6, 6.07) is 23.1. The highest BCUT2D eigenvalue weighted by molar-refractivity contribution is 7.89. The number of hydrogen-bond donors (Lipinski definition) is 1. The number of para-hydroxylation sites is 1. The van der Waals surface area contributed by atoms with E-state index >= 15 is 0 Å². The largest absolute Gasteiger partial charge is 0.496 e. The van der Waals surface area contributed by atoms with E-state index in [0.717, 1.165) is 12.0 Å². The Bertz CT molecular complexity index is 1270. The molecule has 0 saturated carbocycles. The number of carbonyl (C=O) groups is 1. The lowest BCUT2D eigenvalue weighted by Gasteiger charge is -2.43. The highest BCUT2D eigenvalue weighted by Gasteiger charge is 2.41. The molecule has 0 aliphatic carbocycles. The van der Waals surface area contributed by atoms with Crippen LogP contribution in [0.1, 0.15) is 28.8 Å². The second kappa shape index (κ2) is 10.2. The van der Waals surface area contributed by atoms with Crippen molar-refractivity contribution in [3.05, 3.63) is 95.0 Å². The molecule has 1 heterocycles. The lowest BCUT2D eigenvalue weighted by atomic mass is 9.74. The Labute approximate surface area is 205 Å².